The number of rotatable bonds is 4. The molecule has 1 heterocycles. The molecule has 2 rings (SSSR count). The van der Waals surface area contributed by atoms with E-state index in [4.69, 9.17) is 5.73 Å². The summed E-state index contributed by atoms with van der Waals surface area (Å²) >= 11 is 0. The fourth-order valence-corrected chi connectivity index (χ4v) is 1.77. The van der Waals surface area contributed by atoms with Gasteiger partial charge in [-0.3, -0.25) is 0 Å². The van der Waals surface area contributed by atoms with Crippen molar-refractivity contribution in [3.63, 3.8) is 0 Å². The maximum absolute atomic E-state index is 5.72. The van der Waals surface area contributed by atoms with Crippen molar-refractivity contribution in [2.75, 3.05) is 11.4 Å². The molecule has 2 N–H and O–H groups in total. The molecule has 0 aliphatic heterocycles. The lowest BCUT2D eigenvalue weighted by Gasteiger charge is -2.29. The molecule has 1 aromatic heterocycles. The topological polar surface area (TPSA) is 55.0 Å². The fourth-order valence-electron chi connectivity index (χ4n) is 1.77. The van der Waals surface area contributed by atoms with Gasteiger partial charge in [0.1, 0.15) is 0 Å². The Morgan fingerprint density at radius 3 is 2.67 bits per heavy atom. The summed E-state index contributed by atoms with van der Waals surface area (Å²) in [4.78, 5) is 2.30. The highest BCUT2D eigenvalue weighted by atomic mass is 15.3. The molecule has 1 aromatic rings. The number of aryl methyl sites for hydroxylation is 1. The Kier molecular flexibility index (Phi) is 2.86. The Morgan fingerprint density at radius 1 is 1.47 bits per heavy atom. The highest BCUT2D eigenvalue weighted by Gasteiger charge is 2.32. The number of hydrogen-bond acceptors (Lipinski definition) is 4. The van der Waals surface area contributed by atoms with Crippen LogP contribution in [0, 0.1) is 6.92 Å². The molecule has 1 aliphatic rings. The summed E-state index contributed by atoms with van der Waals surface area (Å²) < 4.78 is 0. The van der Waals surface area contributed by atoms with E-state index in [0.717, 1.165) is 11.5 Å². The Hall–Kier alpha value is -1.16. The summed E-state index contributed by atoms with van der Waals surface area (Å²) in [6.45, 7) is 4.75. The van der Waals surface area contributed by atoms with Gasteiger partial charge in [-0.2, -0.15) is 5.10 Å². The molecule has 0 bridgehead atoms. The molecule has 1 saturated carbocycles. The average molecular weight is 206 g/mol. The van der Waals surface area contributed by atoms with Crippen LogP contribution in [0.1, 0.15) is 25.5 Å². The maximum atomic E-state index is 5.72. The van der Waals surface area contributed by atoms with Gasteiger partial charge in [-0.05, 0) is 38.8 Å². The SMILES string of the molecule is Cc1ccc(N(C(C)CN)C2CC2)nn1. The monoisotopic (exact) mass is 206 g/mol. The number of nitrogens with two attached hydrogens (primary N) is 1. The molecule has 0 radical (unpaired) electrons. The van der Waals surface area contributed by atoms with Crippen molar-refractivity contribution in [3.8, 4) is 0 Å². The predicted molar refractivity (Wildman–Crippen MR) is 60.8 cm³/mol. The molecule has 0 amide bonds. The minimum Gasteiger partial charge on any atom is -0.348 e. The van der Waals surface area contributed by atoms with E-state index in [-0.39, 0.29) is 0 Å². The van der Waals surface area contributed by atoms with E-state index in [1.165, 1.54) is 12.8 Å². The molecule has 4 heteroatoms. The molecule has 1 unspecified atom stereocenters. The average Bonchev–Trinajstić information content (AvgIpc) is 3.05. The highest BCUT2D eigenvalue weighted by molar-refractivity contribution is 5.41. The van der Waals surface area contributed by atoms with Crippen molar-refractivity contribution >= 4 is 5.82 Å². The van der Waals surface area contributed by atoms with Gasteiger partial charge in [-0.1, -0.05) is 0 Å². The van der Waals surface area contributed by atoms with E-state index >= 15 is 0 Å². The van der Waals surface area contributed by atoms with Crippen LogP contribution >= 0.6 is 0 Å². The van der Waals surface area contributed by atoms with Crippen LogP contribution in [-0.4, -0.2) is 28.8 Å². The lowest BCUT2D eigenvalue weighted by Crippen LogP contribution is -2.40. The molecule has 0 spiro atoms. The summed E-state index contributed by atoms with van der Waals surface area (Å²) in [6.07, 6.45) is 2.50. The van der Waals surface area contributed by atoms with Crippen LogP contribution in [0.2, 0.25) is 0 Å². The van der Waals surface area contributed by atoms with Crippen molar-refractivity contribution < 1.29 is 0 Å². The molecule has 1 atom stereocenters. The summed E-state index contributed by atoms with van der Waals surface area (Å²) in [7, 11) is 0. The first-order valence-electron chi connectivity index (χ1n) is 5.51. The van der Waals surface area contributed by atoms with Gasteiger partial charge in [-0.25, -0.2) is 0 Å². The summed E-state index contributed by atoms with van der Waals surface area (Å²) in [5.74, 6) is 0.959. The second kappa shape index (κ2) is 4.14. The zero-order chi connectivity index (χ0) is 10.8. The molecule has 4 nitrogen and oxygen atoms in total. The quantitative estimate of drug-likeness (QED) is 0.801. The lowest BCUT2D eigenvalue weighted by molar-refractivity contribution is 0.624. The second-order valence-corrected chi connectivity index (χ2v) is 4.26. The van der Waals surface area contributed by atoms with E-state index in [2.05, 4.69) is 22.0 Å². The summed E-state index contributed by atoms with van der Waals surface area (Å²) in [6, 6.07) is 5.00. The van der Waals surface area contributed by atoms with Gasteiger partial charge in [-0.15, -0.1) is 5.10 Å². The Morgan fingerprint density at radius 2 is 2.20 bits per heavy atom. The Bertz CT molecular complexity index is 318. The van der Waals surface area contributed by atoms with Gasteiger partial charge in [0.15, 0.2) is 5.82 Å². The zero-order valence-corrected chi connectivity index (χ0v) is 9.35. The van der Waals surface area contributed by atoms with Gasteiger partial charge in [0.2, 0.25) is 0 Å². The first-order valence-corrected chi connectivity index (χ1v) is 5.51. The first kappa shape index (κ1) is 10.4. The lowest BCUT2D eigenvalue weighted by atomic mass is 10.2. The van der Waals surface area contributed by atoms with Crippen molar-refractivity contribution in [2.45, 2.75) is 38.8 Å². The molecule has 0 aromatic carbocycles. The van der Waals surface area contributed by atoms with Crippen LogP contribution in [0.5, 0.6) is 0 Å². The minimum absolute atomic E-state index is 0.342. The van der Waals surface area contributed by atoms with Crippen LogP contribution in [0.3, 0.4) is 0 Å². The molecular weight excluding hydrogens is 188 g/mol. The molecule has 82 valence electrons. The van der Waals surface area contributed by atoms with Crippen LogP contribution in [0.25, 0.3) is 0 Å². The van der Waals surface area contributed by atoms with Gasteiger partial charge in [0.05, 0.1) is 5.69 Å². The smallest absolute Gasteiger partial charge is 0.151 e. The van der Waals surface area contributed by atoms with Gasteiger partial charge >= 0.3 is 0 Å². The minimum atomic E-state index is 0.342. The van der Waals surface area contributed by atoms with Crippen LogP contribution in [0.15, 0.2) is 12.1 Å². The molecular formula is C11H18N4. The molecule has 1 fully saturated rings. The van der Waals surface area contributed by atoms with E-state index in [1.807, 2.05) is 19.1 Å². The number of hydrogen-bond donors (Lipinski definition) is 1. The zero-order valence-electron chi connectivity index (χ0n) is 9.35. The third-order valence-electron chi connectivity index (χ3n) is 2.80. The van der Waals surface area contributed by atoms with Crippen molar-refractivity contribution in [1.29, 1.82) is 0 Å². The van der Waals surface area contributed by atoms with Crippen LogP contribution in [0.4, 0.5) is 5.82 Å². The van der Waals surface area contributed by atoms with Gasteiger partial charge < -0.3 is 10.6 Å². The summed E-state index contributed by atoms with van der Waals surface area (Å²) in [5.41, 5.74) is 6.67. The third kappa shape index (κ3) is 2.26. The summed E-state index contributed by atoms with van der Waals surface area (Å²) in [5, 5.41) is 8.32. The first-order chi connectivity index (χ1) is 7.22. The number of nitrogens with zero attached hydrogens (tertiary/aromatic N) is 3. The highest BCUT2D eigenvalue weighted by Crippen LogP contribution is 2.31. The van der Waals surface area contributed by atoms with Crippen LogP contribution < -0.4 is 10.6 Å². The van der Waals surface area contributed by atoms with Gasteiger partial charge in [0, 0.05) is 18.6 Å². The predicted octanol–water partition coefficient (Wildman–Crippen LogP) is 1.10. The van der Waals surface area contributed by atoms with E-state index < -0.39 is 0 Å². The Labute approximate surface area is 90.5 Å². The largest absolute Gasteiger partial charge is 0.348 e. The van der Waals surface area contributed by atoms with Gasteiger partial charge in [0.25, 0.3) is 0 Å². The van der Waals surface area contributed by atoms with Crippen molar-refractivity contribution in [3.05, 3.63) is 17.8 Å². The van der Waals surface area contributed by atoms with E-state index in [9.17, 15) is 0 Å². The standard InChI is InChI=1S/C11H18N4/c1-8-3-6-11(14-13-8)15(9(2)7-12)10-4-5-10/h3,6,9-10H,4-5,7,12H2,1-2H3. The molecule has 15 heavy (non-hydrogen) atoms. The van der Waals surface area contributed by atoms with Crippen molar-refractivity contribution in [1.82, 2.24) is 10.2 Å². The number of anilines is 1. The third-order valence-corrected chi connectivity index (χ3v) is 2.80. The fraction of sp³-hybridized carbons (Fsp3) is 0.636. The Balaban J connectivity index is 2.20. The number of aromatic nitrogens is 2. The maximum Gasteiger partial charge on any atom is 0.151 e. The molecule has 1 aliphatic carbocycles. The molecule has 0 saturated heterocycles. The van der Waals surface area contributed by atoms with Crippen LogP contribution in [-0.2, 0) is 0 Å². The van der Waals surface area contributed by atoms with E-state index in [0.29, 0.717) is 18.6 Å². The normalized spacial score (nSPS) is 17.5. The van der Waals surface area contributed by atoms with E-state index in [1.54, 1.807) is 0 Å². The van der Waals surface area contributed by atoms with Crippen molar-refractivity contribution in [2.24, 2.45) is 5.73 Å². The second-order valence-electron chi connectivity index (χ2n) is 4.26.